The van der Waals surface area contributed by atoms with Crippen molar-refractivity contribution in [2.45, 2.75) is 19.5 Å². The smallest absolute Gasteiger partial charge is 0.239 e. The average Bonchev–Trinajstić information content (AvgIpc) is 2.49. The predicted octanol–water partition coefficient (Wildman–Crippen LogP) is 2.24. The van der Waals surface area contributed by atoms with Gasteiger partial charge in [0.2, 0.25) is 5.91 Å². The lowest BCUT2D eigenvalue weighted by atomic mass is 10.3. The van der Waals surface area contributed by atoms with Gasteiger partial charge in [0.05, 0.1) is 12.6 Å². The molecule has 1 aromatic rings. The van der Waals surface area contributed by atoms with E-state index in [0.29, 0.717) is 6.54 Å². The first-order valence-electron chi connectivity index (χ1n) is 4.24. The third-order valence-electron chi connectivity index (χ3n) is 1.78. The largest absolute Gasteiger partial charge is 0.339 e. The van der Waals surface area contributed by atoms with Gasteiger partial charge in [0.25, 0.3) is 0 Å². The molecule has 0 spiro atoms. The second-order valence-corrected chi connectivity index (χ2v) is 5.13. The molecule has 0 unspecified atom stereocenters. The summed E-state index contributed by atoms with van der Waals surface area (Å²) in [6.45, 7) is 2.32. The van der Waals surface area contributed by atoms with Crippen molar-refractivity contribution in [3.05, 3.63) is 20.8 Å². The molecule has 1 amide bonds. The van der Waals surface area contributed by atoms with Gasteiger partial charge in [-0.05, 0) is 28.9 Å². The Morgan fingerprint density at radius 1 is 1.73 bits per heavy atom. The van der Waals surface area contributed by atoms with Crippen molar-refractivity contribution in [3.63, 3.8) is 0 Å². The van der Waals surface area contributed by atoms with Gasteiger partial charge in [-0.15, -0.1) is 23.7 Å². The van der Waals surface area contributed by atoms with Crippen LogP contribution in [0.3, 0.4) is 0 Å². The third-order valence-corrected chi connectivity index (χ3v) is 3.46. The number of carbonyl (C=O) groups is 1. The number of hydrogen-bond acceptors (Lipinski definition) is 3. The highest BCUT2D eigenvalue weighted by molar-refractivity contribution is 9.10. The first-order chi connectivity index (χ1) is 6.50. The average molecular weight is 314 g/mol. The fraction of sp³-hybridized carbons (Fsp3) is 0.444. The van der Waals surface area contributed by atoms with Gasteiger partial charge in [-0.1, -0.05) is 0 Å². The summed E-state index contributed by atoms with van der Waals surface area (Å²) in [5, 5.41) is 2.00. The zero-order chi connectivity index (χ0) is 10.7. The van der Waals surface area contributed by atoms with Crippen LogP contribution in [0.1, 0.15) is 11.8 Å². The highest BCUT2D eigenvalue weighted by Crippen LogP contribution is 2.20. The van der Waals surface area contributed by atoms with Gasteiger partial charge in [0, 0.05) is 21.8 Å². The molecule has 15 heavy (non-hydrogen) atoms. The first-order valence-corrected chi connectivity index (χ1v) is 5.91. The molecule has 0 aliphatic rings. The summed E-state index contributed by atoms with van der Waals surface area (Å²) in [5.41, 5.74) is 5.50. The molecule has 0 aliphatic carbocycles. The number of carbonyl (C=O) groups excluding carboxylic acids is 1. The molecule has 0 saturated heterocycles. The van der Waals surface area contributed by atoms with Crippen LogP contribution >= 0.6 is 39.7 Å². The van der Waals surface area contributed by atoms with Gasteiger partial charge in [-0.25, -0.2) is 0 Å². The van der Waals surface area contributed by atoms with E-state index in [2.05, 4.69) is 15.9 Å². The maximum atomic E-state index is 11.4. The Balaban J connectivity index is 0.00000196. The van der Waals surface area contributed by atoms with Crippen molar-refractivity contribution in [1.29, 1.82) is 0 Å². The molecule has 0 fully saturated rings. The number of likely N-dealkylation sites (N-methyl/N-ethyl adjacent to an activating group) is 1. The lowest BCUT2D eigenvalue weighted by molar-refractivity contribution is -0.131. The number of nitrogens with zero attached hydrogens (tertiary/aromatic N) is 1. The molecule has 0 bridgehead atoms. The Bertz CT molecular complexity index is 330. The number of halogens is 2. The molecule has 6 heteroatoms. The van der Waals surface area contributed by atoms with Crippen molar-refractivity contribution >= 4 is 45.6 Å². The fourth-order valence-corrected chi connectivity index (χ4v) is 2.60. The Hall–Kier alpha value is -0.100. The molecule has 2 N–H and O–H groups in total. The summed E-state index contributed by atoms with van der Waals surface area (Å²) in [6.07, 6.45) is 0. The number of nitrogens with two attached hydrogens (primary N) is 1. The minimum Gasteiger partial charge on any atom is -0.339 e. The molecular weight excluding hydrogens is 300 g/mol. The Labute approximate surface area is 108 Å². The maximum Gasteiger partial charge on any atom is 0.239 e. The molecule has 3 nitrogen and oxygen atoms in total. The van der Waals surface area contributed by atoms with E-state index in [9.17, 15) is 4.79 Å². The zero-order valence-corrected chi connectivity index (χ0v) is 11.8. The molecule has 0 aliphatic heterocycles. The van der Waals surface area contributed by atoms with Crippen LogP contribution in [0.15, 0.2) is 15.9 Å². The van der Waals surface area contributed by atoms with E-state index in [4.69, 9.17) is 5.73 Å². The molecule has 0 radical (unpaired) electrons. The lowest BCUT2D eigenvalue weighted by Crippen LogP contribution is -2.39. The zero-order valence-electron chi connectivity index (χ0n) is 8.57. The van der Waals surface area contributed by atoms with Crippen LogP contribution in [0, 0.1) is 0 Å². The van der Waals surface area contributed by atoms with Crippen molar-refractivity contribution in [2.75, 3.05) is 7.05 Å². The van der Waals surface area contributed by atoms with Crippen LogP contribution in [0.25, 0.3) is 0 Å². The van der Waals surface area contributed by atoms with Crippen LogP contribution < -0.4 is 5.73 Å². The number of amides is 1. The summed E-state index contributed by atoms with van der Waals surface area (Å²) >= 11 is 5.00. The lowest BCUT2D eigenvalue weighted by Gasteiger charge is -2.18. The van der Waals surface area contributed by atoms with Gasteiger partial charge in [0.1, 0.15) is 0 Å². The monoisotopic (exact) mass is 312 g/mol. The van der Waals surface area contributed by atoms with E-state index in [-0.39, 0.29) is 18.3 Å². The van der Waals surface area contributed by atoms with Gasteiger partial charge < -0.3 is 10.6 Å². The van der Waals surface area contributed by atoms with Crippen LogP contribution in [0.5, 0.6) is 0 Å². The number of rotatable bonds is 3. The fourth-order valence-electron chi connectivity index (χ4n) is 1.10. The topological polar surface area (TPSA) is 46.3 Å². The van der Waals surface area contributed by atoms with E-state index >= 15 is 0 Å². The summed E-state index contributed by atoms with van der Waals surface area (Å²) in [6, 6.07) is 1.58. The highest BCUT2D eigenvalue weighted by Gasteiger charge is 2.13. The third kappa shape index (κ3) is 4.51. The van der Waals surface area contributed by atoms with E-state index in [1.54, 1.807) is 30.2 Å². The number of hydrogen-bond donors (Lipinski definition) is 1. The van der Waals surface area contributed by atoms with E-state index in [0.717, 1.165) is 9.35 Å². The van der Waals surface area contributed by atoms with E-state index in [1.165, 1.54) is 0 Å². The molecule has 1 rings (SSSR count). The van der Waals surface area contributed by atoms with Crippen LogP contribution in [-0.2, 0) is 11.3 Å². The Morgan fingerprint density at radius 3 is 2.73 bits per heavy atom. The summed E-state index contributed by atoms with van der Waals surface area (Å²) < 4.78 is 1.05. The van der Waals surface area contributed by atoms with Crippen LogP contribution in [-0.4, -0.2) is 23.9 Å². The molecule has 1 atom stereocenters. The van der Waals surface area contributed by atoms with Crippen molar-refractivity contribution in [2.24, 2.45) is 5.73 Å². The first kappa shape index (κ1) is 14.9. The molecule has 86 valence electrons. The Morgan fingerprint density at radius 2 is 2.33 bits per heavy atom. The predicted molar refractivity (Wildman–Crippen MR) is 69.4 cm³/mol. The quantitative estimate of drug-likeness (QED) is 0.930. The summed E-state index contributed by atoms with van der Waals surface area (Å²) in [4.78, 5) is 14.2. The van der Waals surface area contributed by atoms with Crippen molar-refractivity contribution < 1.29 is 4.79 Å². The van der Waals surface area contributed by atoms with Gasteiger partial charge in [-0.3, -0.25) is 4.79 Å². The van der Waals surface area contributed by atoms with E-state index < -0.39 is 6.04 Å². The van der Waals surface area contributed by atoms with Crippen molar-refractivity contribution in [1.82, 2.24) is 4.90 Å². The van der Waals surface area contributed by atoms with Gasteiger partial charge >= 0.3 is 0 Å². The minimum atomic E-state index is -0.427. The van der Waals surface area contributed by atoms with Crippen molar-refractivity contribution in [3.8, 4) is 0 Å². The second kappa shape index (κ2) is 6.48. The normalized spacial score (nSPS) is 11.7. The summed E-state index contributed by atoms with van der Waals surface area (Å²) in [5.74, 6) is -0.0328. The minimum absolute atomic E-state index is 0. The molecule has 1 heterocycles. The number of thiophene rings is 1. The Kier molecular flexibility index (Phi) is 6.43. The molecule has 0 aromatic carbocycles. The van der Waals surface area contributed by atoms with E-state index in [1.807, 2.05) is 11.4 Å². The molecule has 1 aromatic heterocycles. The van der Waals surface area contributed by atoms with Crippen LogP contribution in [0.2, 0.25) is 0 Å². The highest BCUT2D eigenvalue weighted by atomic mass is 79.9. The second-order valence-electron chi connectivity index (χ2n) is 3.21. The molecular formula is C9H14BrClN2OS. The SMILES string of the molecule is C[C@@H](N)C(=O)N(C)Cc1cc(Br)cs1.Cl. The standard InChI is InChI=1S/C9H13BrN2OS.ClH/c1-6(11)9(13)12(2)4-8-3-7(10)5-14-8;/h3,5-6H,4,11H2,1-2H3;1H/t6-;/m1./s1. The van der Waals surface area contributed by atoms with Crippen LogP contribution in [0.4, 0.5) is 0 Å². The summed E-state index contributed by atoms with van der Waals surface area (Å²) in [7, 11) is 1.76. The van der Waals surface area contributed by atoms with Gasteiger partial charge in [0.15, 0.2) is 0 Å². The van der Waals surface area contributed by atoms with Gasteiger partial charge in [-0.2, -0.15) is 0 Å². The maximum absolute atomic E-state index is 11.4. The molecule has 0 saturated carbocycles.